The van der Waals surface area contributed by atoms with Crippen molar-refractivity contribution >= 4 is 23.2 Å². The van der Waals surface area contributed by atoms with Crippen molar-refractivity contribution < 1.29 is 9.59 Å². The van der Waals surface area contributed by atoms with Gasteiger partial charge in [0.15, 0.2) is 0 Å². The molecule has 110 valence electrons. The molecule has 0 saturated carbocycles. The minimum absolute atomic E-state index is 0.0585. The van der Waals surface area contributed by atoms with Gasteiger partial charge in [-0.3, -0.25) is 9.59 Å². The molecule has 0 aliphatic rings. The highest BCUT2D eigenvalue weighted by molar-refractivity contribution is 5.97. The fourth-order valence-corrected chi connectivity index (χ4v) is 1.31. The molecule has 2 N–H and O–H groups in total. The van der Waals surface area contributed by atoms with Gasteiger partial charge in [0, 0.05) is 22.2 Å². The Morgan fingerprint density at radius 3 is 1.45 bits per heavy atom. The first kappa shape index (κ1) is 16.2. The summed E-state index contributed by atoms with van der Waals surface area (Å²) in [6, 6.07) is 7.16. The first-order valence-electron chi connectivity index (χ1n) is 6.73. The molecule has 0 fully saturated rings. The monoisotopic (exact) mass is 276 g/mol. The molecular weight excluding hydrogens is 252 g/mol. The van der Waals surface area contributed by atoms with Crippen LogP contribution in [0.4, 0.5) is 11.4 Å². The zero-order valence-corrected chi connectivity index (χ0v) is 13.1. The summed E-state index contributed by atoms with van der Waals surface area (Å²) in [5.74, 6) is -0.117. The van der Waals surface area contributed by atoms with E-state index >= 15 is 0 Å². The average molecular weight is 276 g/mol. The zero-order chi connectivity index (χ0) is 15.6. The summed E-state index contributed by atoms with van der Waals surface area (Å²) in [6.45, 7) is 11.1. The number of carbonyl (C=O) groups is 2. The van der Waals surface area contributed by atoms with Gasteiger partial charge >= 0.3 is 0 Å². The van der Waals surface area contributed by atoms with Crippen LogP contribution in [0.1, 0.15) is 41.5 Å². The lowest BCUT2D eigenvalue weighted by atomic mass is 9.95. The number of anilines is 2. The molecule has 1 aromatic rings. The van der Waals surface area contributed by atoms with E-state index in [2.05, 4.69) is 10.6 Å². The summed E-state index contributed by atoms with van der Waals surface area (Å²) in [6.07, 6.45) is 0. The number of hydrogen-bond acceptors (Lipinski definition) is 2. The molecule has 0 radical (unpaired) electrons. The van der Waals surface area contributed by atoms with Crippen molar-refractivity contribution in [1.29, 1.82) is 0 Å². The molecule has 0 unspecified atom stereocenters. The third-order valence-corrected chi connectivity index (χ3v) is 2.74. The molecule has 0 saturated heterocycles. The fourth-order valence-electron chi connectivity index (χ4n) is 1.31. The predicted octanol–water partition coefficient (Wildman–Crippen LogP) is 3.66. The topological polar surface area (TPSA) is 58.2 Å². The van der Waals surface area contributed by atoms with Gasteiger partial charge in [-0.1, -0.05) is 47.6 Å². The van der Waals surface area contributed by atoms with E-state index in [4.69, 9.17) is 0 Å². The van der Waals surface area contributed by atoms with Gasteiger partial charge in [0.05, 0.1) is 0 Å². The second kappa shape index (κ2) is 5.65. The smallest absolute Gasteiger partial charge is 0.229 e. The predicted molar refractivity (Wildman–Crippen MR) is 82.6 cm³/mol. The minimum Gasteiger partial charge on any atom is -0.326 e. The second-order valence-electron chi connectivity index (χ2n) is 6.99. The zero-order valence-electron chi connectivity index (χ0n) is 13.1. The number of rotatable bonds is 2. The van der Waals surface area contributed by atoms with Crippen molar-refractivity contribution in [2.45, 2.75) is 41.5 Å². The van der Waals surface area contributed by atoms with Crippen molar-refractivity contribution in [1.82, 2.24) is 0 Å². The average Bonchev–Trinajstić information content (AvgIpc) is 2.26. The molecule has 4 nitrogen and oxygen atoms in total. The van der Waals surface area contributed by atoms with E-state index in [1.165, 1.54) is 0 Å². The van der Waals surface area contributed by atoms with Crippen molar-refractivity contribution in [2.75, 3.05) is 10.6 Å². The maximum absolute atomic E-state index is 11.9. The number of hydrogen-bond donors (Lipinski definition) is 2. The van der Waals surface area contributed by atoms with Crippen LogP contribution >= 0.6 is 0 Å². The molecule has 4 heteroatoms. The Morgan fingerprint density at radius 1 is 0.800 bits per heavy atom. The molecule has 0 aromatic heterocycles. The molecule has 20 heavy (non-hydrogen) atoms. The second-order valence-corrected chi connectivity index (χ2v) is 6.99. The van der Waals surface area contributed by atoms with Crippen molar-refractivity contribution in [3.8, 4) is 0 Å². The van der Waals surface area contributed by atoms with Gasteiger partial charge < -0.3 is 10.6 Å². The van der Waals surface area contributed by atoms with E-state index in [9.17, 15) is 9.59 Å². The standard InChI is InChI=1S/C16H24N2O2/c1-15(2,3)13(19)17-11-8-7-9-12(10-11)18-14(20)16(4,5)6/h7-10H,1-6H3,(H,17,19)(H,18,20). The van der Waals surface area contributed by atoms with Gasteiger partial charge in [-0.15, -0.1) is 0 Å². The fraction of sp³-hybridized carbons (Fsp3) is 0.500. The minimum atomic E-state index is -0.454. The maximum Gasteiger partial charge on any atom is 0.229 e. The lowest BCUT2D eigenvalue weighted by Crippen LogP contribution is -2.28. The van der Waals surface area contributed by atoms with Crippen molar-refractivity contribution in [3.05, 3.63) is 24.3 Å². The Balaban J connectivity index is 2.82. The Hall–Kier alpha value is -1.84. The maximum atomic E-state index is 11.9. The molecular formula is C16H24N2O2. The van der Waals surface area contributed by atoms with Crippen LogP contribution in [0.3, 0.4) is 0 Å². The van der Waals surface area contributed by atoms with Crippen LogP contribution in [0, 0.1) is 10.8 Å². The first-order valence-corrected chi connectivity index (χ1v) is 6.73. The molecule has 0 bridgehead atoms. The number of nitrogens with one attached hydrogen (secondary N) is 2. The van der Waals surface area contributed by atoms with Crippen LogP contribution in [-0.2, 0) is 9.59 Å². The number of benzene rings is 1. The number of amides is 2. The van der Waals surface area contributed by atoms with Crippen molar-refractivity contribution in [2.24, 2.45) is 10.8 Å². The van der Waals surface area contributed by atoms with E-state index in [-0.39, 0.29) is 11.8 Å². The lowest BCUT2D eigenvalue weighted by Gasteiger charge is -2.19. The van der Waals surface area contributed by atoms with Crippen LogP contribution in [0.25, 0.3) is 0 Å². The first-order chi connectivity index (χ1) is 9.00. The highest BCUT2D eigenvalue weighted by Crippen LogP contribution is 2.22. The molecule has 0 spiro atoms. The molecule has 0 aliphatic heterocycles. The van der Waals surface area contributed by atoms with Crippen LogP contribution in [0.15, 0.2) is 24.3 Å². The van der Waals surface area contributed by atoms with E-state index < -0.39 is 10.8 Å². The molecule has 0 atom stereocenters. The normalized spacial score (nSPS) is 11.9. The SMILES string of the molecule is CC(C)(C)C(=O)Nc1cccc(NC(=O)C(C)(C)C)c1. The van der Waals surface area contributed by atoms with Crippen LogP contribution in [-0.4, -0.2) is 11.8 Å². The third kappa shape index (κ3) is 4.68. The molecule has 1 aromatic carbocycles. The van der Waals surface area contributed by atoms with E-state index in [0.717, 1.165) is 0 Å². The lowest BCUT2D eigenvalue weighted by molar-refractivity contribution is -0.123. The Bertz CT molecular complexity index is 465. The highest BCUT2D eigenvalue weighted by atomic mass is 16.2. The van der Waals surface area contributed by atoms with E-state index in [1.54, 1.807) is 24.3 Å². The van der Waals surface area contributed by atoms with Crippen molar-refractivity contribution in [3.63, 3.8) is 0 Å². The summed E-state index contributed by atoms with van der Waals surface area (Å²) < 4.78 is 0. The Kier molecular flexibility index (Phi) is 4.58. The molecule has 0 aliphatic carbocycles. The summed E-state index contributed by atoms with van der Waals surface area (Å²) >= 11 is 0. The molecule has 2 amide bonds. The Labute approximate surface area is 121 Å². The molecule has 0 heterocycles. The van der Waals surface area contributed by atoms with Gasteiger partial charge in [-0.25, -0.2) is 0 Å². The Morgan fingerprint density at radius 2 is 1.15 bits per heavy atom. The van der Waals surface area contributed by atoms with Crippen LogP contribution in [0.5, 0.6) is 0 Å². The van der Waals surface area contributed by atoms with Gasteiger partial charge in [-0.2, -0.15) is 0 Å². The van der Waals surface area contributed by atoms with Gasteiger partial charge in [-0.05, 0) is 18.2 Å². The number of carbonyl (C=O) groups excluding carboxylic acids is 2. The van der Waals surface area contributed by atoms with E-state index in [0.29, 0.717) is 11.4 Å². The quantitative estimate of drug-likeness (QED) is 0.866. The largest absolute Gasteiger partial charge is 0.326 e. The highest BCUT2D eigenvalue weighted by Gasteiger charge is 2.22. The van der Waals surface area contributed by atoms with E-state index in [1.807, 2.05) is 41.5 Å². The molecule has 1 rings (SSSR count). The third-order valence-electron chi connectivity index (χ3n) is 2.74. The van der Waals surface area contributed by atoms with Crippen LogP contribution < -0.4 is 10.6 Å². The summed E-state index contributed by atoms with van der Waals surface area (Å²) in [5, 5.41) is 5.69. The summed E-state index contributed by atoms with van der Waals surface area (Å²) in [4.78, 5) is 23.9. The summed E-state index contributed by atoms with van der Waals surface area (Å²) in [5.41, 5.74) is 0.447. The van der Waals surface area contributed by atoms with Gasteiger partial charge in [0.2, 0.25) is 11.8 Å². The van der Waals surface area contributed by atoms with Crippen LogP contribution in [0.2, 0.25) is 0 Å². The van der Waals surface area contributed by atoms with Gasteiger partial charge in [0.25, 0.3) is 0 Å². The van der Waals surface area contributed by atoms with Gasteiger partial charge in [0.1, 0.15) is 0 Å². The summed E-state index contributed by atoms with van der Waals surface area (Å²) in [7, 11) is 0.